The van der Waals surface area contributed by atoms with Gasteiger partial charge in [0.1, 0.15) is 0 Å². The summed E-state index contributed by atoms with van der Waals surface area (Å²) in [6.07, 6.45) is 1.47. The predicted molar refractivity (Wildman–Crippen MR) is 79.9 cm³/mol. The van der Waals surface area contributed by atoms with Crippen LogP contribution in [0.5, 0.6) is 0 Å². The first-order valence-corrected chi connectivity index (χ1v) is 8.65. The van der Waals surface area contributed by atoms with Crippen molar-refractivity contribution in [3.8, 4) is 0 Å². The van der Waals surface area contributed by atoms with Gasteiger partial charge in [-0.3, -0.25) is 0 Å². The molecular weight excluding hydrogens is 362 g/mol. The quantitative estimate of drug-likeness (QED) is 0.866. The highest BCUT2D eigenvalue weighted by atomic mass is 79.9. The SMILES string of the molecule is COC1CCCN(S(=O)(=O)c2ccc(C(=O)O)cc2Br)C1. The third-order valence-electron chi connectivity index (χ3n) is 3.47. The van der Waals surface area contributed by atoms with Crippen molar-refractivity contribution in [2.75, 3.05) is 20.2 Å². The average molecular weight is 378 g/mol. The highest BCUT2D eigenvalue weighted by Gasteiger charge is 2.31. The van der Waals surface area contributed by atoms with Gasteiger partial charge in [-0.1, -0.05) is 0 Å². The molecule has 1 aromatic carbocycles. The molecule has 116 valence electrons. The van der Waals surface area contributed by atoms with Crippen LogP contribution in [0, 0.1) is 0 Å². The van der Waals surface area contributed by atoms with Gasteiger partial charge in [0.25, 0.3) is 0 Å². The summed E-state index contributed by atoms with van der Waals surface area (Å²) >= 11 is 3.15. The summed E-state index contributed by atoms with van der Waals surface area (Å²) in [6, 6.07) is 3.91. The van der Waals surface area contributed by atoms with Crippen LogP contribution in [-0.4, -0.2) is 50.1 Å². The Balaban J connectivity index is 2.33. The number of piperidine rings is 1. The first-order valence-electron chi connectivity index (χ1n) is 6.42. The first-order chi connectivity index (χ1) is 9.86. The second-order valence-corrected chi connectivity index (χ2v) is 7.57. The van der Waals surface area contributed by atoms with E-state index in [1.54, 1.807) is 7.11 Å². The number of methoxy groups -OCH3 is 1. The second-order valence-electron chi connectivity index (χ2n) is 4.81. The number of nitrogens with zero attached hydrogens (tertiary/aromatic N) is 1. The number of aromatic carboxylic acids is 1. The normalized spacial score (nSPS) is 20.4. The van der Waals surface area contributed by atoms with Crippen molar-refractivity contribution in [1.82, 2.24) is 4.31 Å². The molecule has 1 aliphatic heterocycles. The van der Waals surface area contributed by atoms with Gasteiger partial charge in [-0.2, -0.15) is 4.31 Å². The molecule has 0 spiro atoms. The van der Waals surface area contributed by atoms with Crippen molar-refractivity contribution in [1.29, 1.82) is 0 Å². The zero-order valence-electron chi connectivity index (χ0n) is 11.5. The Morgan fingerprint density at radius 2 is 2.19 bits per heavy atom. The van der Waals surface area contributed by atoms with Gasteiger partial charge >= 0.3 is 5.97 Å². The van der Waals surface area contributed by atoms with E-state index in [-0.39, 0.29) is 21.0 Å². The monoisotopic (exact) mass is 377 g/mol. The molecule has 1 fully saturated rings. The van der Waals surface area contributed by atoms with E-state index in [1.807, 2.05) is 0 Å². The molecule has 6 nitrogen and oxygen atoms in total. The van der Waals surface area contributed by atoms with Gasteiger partial charge in [0.05, 0.1) is 16.6 Å². The van der Waals surface area contributed by atoms with E-state index >= 15 is 0 Å². The Morgan fingerprint density at radius 1 is 1.48 bits per heavy atom. The summed E-state index contributed by atoms with van der Waals surface area (Å²) < 4.78 is 32.2. The third-order valence-corrected chi connectivity index (χ3v) is 6.31. The Labute approximate surface area is 131 Å². The van der Waals surface area contributed by atoms with Gasteiger partial charge in [0.15, 0.2) is 0 Å². The lowest BCUT2D eigenvalue weighted by atomic mass is 10.1. The maximum absolute atomic E-state index is 12.6. The van der Waals surface area contributed by atoms with E-state index in [4.69, 9.17) is 9.84 Å². The van der Waals surface area contributed by atoms with Crippen LogP contribution >= 0.6 is 15.9 Å². The van der Waals surface area contributed by atoms with E-state index in [0.29, 0.717) is 13.1 Å². The minimum Gasteiger partial charge on any atom is -0.478 e. The van der Waals surface area contributed by atoms with Crippen LogP contribution in [0.2, 0.25) is 0 Å². The Kier molecular flexibility index (Phi) is 5.03. The number of hydrogen-bond donors (Lipinski definition) is 1. The van der Waals surface area contributed by atoms with Crippen LogP contribution in [0.25, 0.3) is 0 Å². The summed E-state index contributed by atoms with van der Waals surface area (Å²) in [5.41, 5.74) is 0.0363. The highest BCUT2D eigenvalue weighted by molar-refractivity contribution is 9.10. The van der Waals surface area contributed by atoms with Gasteiger partial charge in [-0.25, -0.2) is 13.2 Å². The van der Waals surface area contributed by atoms with Crippen LogP contribution in [0.15, 0.2) is 27.6 Å². The van der Waals surface area contributed by atoms with Crippen LogP contribution in [0.1, 0.15) is 23.2 Å². The molecule has 0 radical (unpaired) electrons. The fourth-order valence-electron chi connectivity index (χ4n) is 2.30. The highest BCUT2D eigenvalue weighted by Crippen LogP contribution is 2.28. The molecule has 0 saturated carbocycles. The topological polar surface area (TPSA) is 83.9 Å². The van der Waals surface area contributed by atoms with E-state index in [2.05, 4.69) is 15.9 Å². The fourth-order valence-corrected chi connectivity index (χ4v) is 4.85. The summed E-state index contributed by atoms with van der Waals surface area (Å²) in [5.74, 6) is -1.10. The number of carboxylic acid groups (broad SMARTS) is 1. The largest absolute Gasteiger partial charge is 0.478 e. The van der Waals surface area contributed by atoms with Crippen molar-refractivity contribution in [3.63, 3.8) is 0 Å². The maximum atomic E-state index is 12.6. The summed E-state index contributed by atoms with van der Waals surface area (Å²) in [5, 5.41) is 8.92. The van der Waals surface area contributed by atoms with E-state index in [1.165, 1.54) is 22.5 Å². The Bertz CT molecular complexity index is 646. The number of carbonyl (C=O) groups is 1. The molecule has 1 aliphatic rings. The van der Waals surface area contributed by atoms with Crippen LogP contribution in [-0.2, 0) is 14.8 Å². The van der Waals surface area contributed by atoms with Gasteiger partial charge < -0.3 is 9.84 Å². The maximum Gasteiger partial charge on any atom is 0.335 e. The first kappa shape index (κ1) is 16.4. The van der Waals surface area contributed by atoms with Crippen molar-refractivity contribution in [3.05, 3.63) is 28.2 Å². The molecule has 1 aromatic rings. The lowest BCUT2D eigenvalue weighted by molar-refractivity contribution is 0.0572. The molecule has 0 bridgehead atoms. The molecule has 1 unspecified atom stereocenters. The number of rotatable bonds is 4. The third kappa shape index (κ3) is 3.45. The van der Waals surface area contributed by atoms with Gasteiger partial charge in [-0.05, 0) is 47.0 Å². The standard InChI is InChI=1S/C13H16BrNO5S/c1-20-10-3-2-6-15(8-10)21(18,19)12-5-4-9(13(16)17)7-11(12)14/h4-5,7,10H,2-3,6,8H2,1H3,(H,16,17). The number of ether oxygens (including phenoxy) is 1. The van der Waals surface area contributed by atoms with E-state index in [0.717, 1.165) is 12.8 Å². The molecular formula is C13H16BrNO5S. The summed E-state index contributed by atoms with van der Waals surface area (Å²) in [6.45, 7) is 0.751. The minimum absolute atomic E-state index is 0.0363. The Morgan fingerprint density at radius 3 is 2.76 bits per heavy atom. The Hall–Kier alpha value is -0.960. The molecule has 2 rings (SSSR count). The van der Waals surface area contributed by atoms with E-state index in [9.17, 15) is 13.2 Å². The lowest BCUT2D eigenvalue weighted by Crippen LogP contribution is -2.42. The number of carboxylic acids is 1. The van der Waals surface area contributed by atoms with Crippen molar-refractivity contribution < 1.29 is 23.1 Å². The molecule has 1 N–H and O–H groups in total. The van der Waals surface area contributed by atoms with E-state index < -0.39 is 16.0 Å². The molecule has 0 aromatic heterocycles. The van der Waals surface area contributed by atoms with Gasteiger partial charge in [-0.15, -0.1) is 0 Å². The molecule has 8 heteroatoms. The molecule has 21 heavy (non-hydrogen) atoms. The van der Waals surface area contributed by atoms with Crippen LogP contribution in [0.4, 0.5) is 0 Å². The van der Waals surface area contributed by atoms with Crippen molar-refractivity contribution in [2.24, 2.45) is 0 Å². The summed E-state index contributed by atoms with van der Waals surface area (Å²) in [4.78, 5) is 11.0. The minimum atomic E-state index is -3.66. The van der Waals surface area contributed by atoms with Crippen LogP contribution < -0.4 is 0 Å². The zero-order valence-corrected chi connectivity index (χ0v) is 13.9. The molecule has 0 amide bonds. The average Bonchev–Trinajstić information content (AvgIpc) is 2.46. The van der Waals surface area contributed by atoms with Crippen molar-refractivity contribution >= 4 is 31.9 Å². The summed E-state index contributed by atoms with van der Waals surface area (Å²) in [7, 11) is -2.10. The predicted octanol–water partition coefficient (Wildman–Crippen LogP) is 1.95. The molecule has 1 atom stereocenters. The molecule has 1 heterocycles. The fraction of sp³-hybridized carbons (Fsp3) is 0.462. The molecule has 0 aliphatic carbocycles. The number of sulfonamides is 1. The van der Waals surface area contributed by atoms with Gasteiger partial charge in [0.2, 0.25) is 10.0 Å². The van der Waals surface area contributed by atoms with Gasteiger partial charge in [0, 0.05) is 24.7 Å². The van der Waals surface area contributed by atoms with Crippen molar-refractivity contribution in [2.45, 2.75) is 23.8 Å². The zero-order chi connectivity index (χ0) is 15.6. The smallest absolute Gasteiger partial charge is 0.335 e. The number of hydrogen-bond acceptors (Lipinski definition) is 4. The van der Waals surface area contributed by atoms with Crippen LogP contribution in [0.3, 0.4) is 0 Å². The second kappa shape index (κ2) is 6.43. The number of halogens is 1. The molecule has 1 saturated heterocycles. The lowest BCUT2D eigenvalue weighted by Gasteiger charge is -2.31. The number of benzene rings is 1.